The highest BCUT2D eigenvalue weighted by Gasteiger charge is 2.31. The number of fused-ring (bicyclic) bond motifs is 1. The van der Waals surface area contributed by atoms with E-state index < -0.39 is 0 Å². The number of urea groups is 1. The number of nitrogens with zero attached hydrogens (tertiary/aromatic N) is 2. The van der Waals surface area contributed by atoms with Gasteiger partial charge in [0.05, 0.1) is 5.92 Å². The van der Waals surface area contributed by atoms with Gasteiger partial charge in [-0.3, -0.25) is 4.79 Å². The number of piperidine rings is 1. The van der Waals surface area contributed by atoms with Gasteiger partial charge < -0.3 is 19.5 Å². The fourth-order valence-electron chi connectivity index (χ4n) is 4.02. The van der Waals surface area contributed by atoms with Crippen LogP contribution in [0.1, 0.15) is 30.2 Å². The minimum absolute atomic E-state index is 0.0515. The van der Waals surface area contributed by atoms with Crippen molar-refractivity contribution in [2.75, 3.05) is 27.2 Å². The summed E-state index contributed by atoms with van der Waals surface area (Å²) in [7, 11) is 3.47. The summed E-state index contributed by atoms with van der Waals surface area (Å²) < 4.78 is 6.08. The number of likely N-dealkylation sites (tertiary alicyclic amines) is 1. The summed E-state index contributed by atoms with van der Waals surface area (Å²) in [6, 6.07) is 19.2. The Labute approximate surface area is 176 Å². The van der Waals surface area contributed by atoms with Crippen LogP contribution >= 0.6 is 0 Å². The van der Waals surface area contributed by atoms with E-state index in [1.807, 2.05) is 60.7 Å². The second-order valence-electron chi connectivity index (χ2n) is 8.00. The summed E-state index contributed by atoms with van der Waals surface area (Å²) in [6.07, 6.45) is 1.59. The number of carbonyl (C=O) groups excluding carboxylic acids is 2. The number of para-hydroxylation sites is 1. The van der Waals surface area contributed by atoms with Crippen LogP contribution in [0.4, 0.5) is 4.79 Å². The van der Waals surface area contributed by atoms with Crippen LogP contribution in [-0.4, -0.2) is 48.9 Å². The van der Waals surface area contributed by atoms with Gasteiger partial charge in [0.25, 0.3) is 0 Å². The van der Waals surface area contributed by atoms with E-state index in [-0.39, 0.29) is 23.9 Å². The summed E-state index contributed by atoms with van der Waals surface area (Å²) in [4.78, 5) is 28.9. The highest BCUT2D eigenvalue weighted by atomic mass is 16.3. The third-order valence-corrected chi connectivity index (χ3v) is 5.59. The molecule has 1 N–H and O–H groups in total. The fraction of sp³-hybridized carbons (Fsp3) is 0.333. The van der Waals surface area contributed by atoms with Gasteiger partial charge in [0.2, 0.25) is 5.91 Å². The van der Waals surface area contributed by atoms with E-state index in [1.165, 1.54) is 0 Å². The molecule has 2 aromatic carbocycles. The topological polar surface area (TPSA) is 65.8 Å². The van der Waals surface area contributed by atoms with Crippen molar-refractivity contribution in [2.24, 2.45) is 5.92 Å². The first-order chi connectivity index (χ1) is 14.5. The van der Waals surface area contributed by atoms with Crippen molar-refractivity contribution >= 4 is 22.9 Å². The second-order valence-corrected chi connectivity index (χ2v) is 8.00. The molecule has 2 atom stereocenters. The SMILES string of the molecule is CN(C)C(=O)N1CCCC(C(=O)NC(c2ccccc2)c2cc3ccccc3o2)C1. The monoisotopic (exact) mass is 405 g/mol. The zero-order chi connectivity index (χ0) is 21.1. The van der Waals surface area contributed by atoms with E-state index >= 15 is 0 Å². The molecule has 1 aliphatic heterocycles. The smallest absolute Gasteiger partial charge is 0.319 e. The number of benzene rings is 2. The first-order valence-corrected chi connectivity index (χ1v) is 10.3. The average molecular weight is 405 g/mol. The molecular formula is C24H27N3O3. The van der Waals surface area contributed by atoms with Crippen molar-refractivity contribution in [2.45, 2.75) is 18.9 Å². The highest BCUT2D eigenvalue weighted by molar-refractivity contribution is 5.82. The van der Waals surface area contributed by atoms with Crippen LogP contribution in [0.3, 0.4) is 0 Å². The van der Waals surface area contributed by atoms with Gasteiger partial charge in [-0.25, -0.2) is 4.79 Å². The Morgan fingerprint density at radius 2 is 1.83 bits per heavy atom. The third kappa shape index (κ3) is 4.17. The number of hydrogen-bond donors (Lipinski definition) is 1. The maximum absolute atomic E-state index is 13.2. The molecule has 156 valence electrons. The van der Waals surface area contributed by atoms with Crippen LogP contribution in [0.25, 0.3) is 11.0 Å². The van der Waals surface area contributed by atoms with Crippen LogP contribution < -0.4 is 5.32 Å². The van der Waals surface area contributed by atoms with Gasteiger partial charge in [-0.05, 0) is 30.5 Å². The van der Waals surface area contributed by atoms with Gasteiger partial charge in [0.15, 0.2) is 0 Å². The standard InChI is InChI=1S/C24H27N3O3/c1-26(2)24(29)27-14-8-12-19(16-27)23(28)25-22(17-9-4-3-5-10-17)21-15-18-11-6-7-13-20(18)30-21/h3-7,9-11,13,15,19,22H,8,12,14,16H2,1-2H3,(H,25,28). The molecule has 0 saturated carbocycles. The van der Waals surface area contributed by atoms with Crippen LogP contribution in [0, 0.1) is 5.92 Å². The van der Waals surface area contributed by atoms with Crippen LogP contribution in [0.5, 0.6) is 0 Å². The summed E-state index contributed by atoms with van der Waals surface area (Å²) in [5.41, 5.74) is 1.75. The predicted molar refractivity (Wildman–Crippen MR) is 116 cm³/mol. The Kier molecular flexibility index (Phi) is 5.74. The molecule has 2 heterocycles. The molecule has 1 aromatic heterocycles. The Morgan fingerprint density at radius 1 is 1.10 bits per heavy atom. The molecule has 1 fully saturated rings. The Bertz CT molecular complexity index is 995. The number of nitrogens with one attached hydrogen (secondary N) is 1. The van der Waals surface area contributed by atoms with Crippen molar-refractivity contribution in [3.05, 3.63) is 72.0 Å². The highest BCUT2D eigenvalue weighted by Crippen LogP contribution is 2.29. The summed E-state index contributed by atoms with van der Waals surface area (Å²) >= 11 is 0. The molecule has 0 spiro atoms. The van der Waals surface area contributed by atoms with E-state index in [9.17, 15) is 9.59 Å². The second kappa shape index (κ2) is 8.61. The zero-order valence-corrected chi connectivity index (χ0v) is 17.4. The lowest BCUT2D eigenvalue weighted by Crippen LogP contribution is -2.49. The van der Waals surface area contributed by atoms with Crippen LogP contribution in [0.15, 0.2) is 65.1 Å². The largest absolute Gasteiger partial charge is 0.459 e. The number of amides is 3. The van der Waals surface area contributed by atoms with Gasteiger partial charge >= 0.3 is 6.03 Å². The molecule has 3 aromatic rings. The van der Waals surface area contributed by atoms with Gasteiger partial charge in [0.1, 0.15) is 17.4 Å². The predicted octanol–water partition coefficient (Wildman–Crippen LogP) is 4.03. The van der Waals surface area contributed by atoms with Crippen molar-refractivity contribution in [3.63, 3.8) is 0 Å². The zero-order valence-electron chi connectivity index (χ0n) is 17.4. The minimum atomic E-state index is -0.383. The summed E-state index contributed by atoms with van der Waals surface area (Å²) in [5.74, 6) is 0.409. The minimum Gasteiger partial charge on any atom is -0.459 e. The van der Waals surface area contributed by atoms with Gasteiger partial charge in [-0.1, -0.05) is 48.5 Å². The van der Waals surface area contributed by atoms with E-state index in [1.54, 1.807) is 23.9 Å². The molecule has 3 amide bonds. The van der Waals surface area contributed by atoms with Crippen LogP contribution in [-0.2, 0) is 4.79 Å². The Hall–Kier alpha value is -3.28. The molecule has 6 nitrogen and oxygen atoms in total. The molecular weight excluding hydrogens is 378 g/mol. The lowest BCUT2D eigenvalue weighted by atomic mass is 9.96. The van der Waals surface area contributed by atoms with Crippen molar-refractivity contribution in [3.8, 4) is 0 Å². The molecule has 30 heavy (non-hydrogen) atoms. The van der Waals surface area contributed by atoms with Gasteiger partial charge in [-0.15, -0.1) is 0 Å². The molecule has 1 aliphatic rings. The maximum Gasteiger partial charge on any atom is 0.319 e. The third-order valence-electron chi connectivity index (χ3n) is 5.59. The van der Waals surface area contributed by atoms with Crippen molar-refractivity contribution < 1.29 is 14.0 Å². The molecule has 1 saturated heterocycles. The van der Waals surface area contributed by atoms with E-state index in [4.69, 9.17) is 4.42 Å². The Morgan fingerprint density at radius 3 is 2.57 bits per heavy atom. The normalized spacial score (nSPS) is 17.5. The number of carbonyl (C=O) groups is 2. The molecule has 4 rings (SSSR count). The van der Waals surface area contributed by atoms with Crippen LogP contribution in [0.2, 0.25) is 0 Å². The summed E-state index contributed by atoms with van der Waals surface area (Å²) in [5, 5.41) is 4.19. The molecule has 2 unspecified atom stereocenters. The number of furan rings is 1. The van der Waals surface area contributed by atoms with E-state index in [0.29, 0.717) is 18.8 Å². The molecule has 0 bridgehead atoms. The van der Waals surface area contributed by atoms with Gasteiger partial charge in [0, 0.05) is 32.6 Å². The molecule has 6 heteroatoms. The van der Waals surface area contributed by atoms with E-state index in [2.05, 4.69) is 5.32 Å². The Balaban J connectivity index is 1.57. The lowest BCUT2D eigenvalue weighted by molar-refractivity contribution is -0.127. The molecule has 0 aliphatic carbocycles. The number of hydrogen-bond acceptors (Lipinski definition) is 3. The lowest BCUT2D eigenvalue weighted by Gasteiger charge is -2.34. The average Bonchev–Trinajstić information content (AvgIpc) is 3.21. The first kappa shape index (κ1) is 20.0. The van der Waals surface area contributed by atoms with Crippen molar-refractivity contribution in [1.29, 1.82) is 0 Å². The quantitative estimate of drug-likeness (QED) is 0.713. The maximum atomic E-state index is 13.2. The molecule has 0 radical (unpaired) electrons. The number of rotatable bonds is 4. The van der Waals surface area contributed by atoms with E-state index in [0.717, 1.165) is 29.4 Å². The van der Waals surface area contributed by atoms with Crippen molar-refractivity contribution in [1.82, 2.24) is 15.1 Å². The first-order valence-electron chi connectivity index (χ1n) is 10.3. The summed E-state index contributed by atoms with van der Waals surface area (Å²) in [6.45, 7) is 1.12. The fourth-order valence-corrected chi connectivity index (χ4v) is 4.02. The van der Waals surface area contributed by atoms with Gasteiger partial charge in [-0.2, -0.15) is 0 Å².